The lowest BCUT2D eigenvalue weighted by Crippen LogP contribution is -2.27. The number of aromatic nitrogens is 2. The molecule has 0 bridgehead atoms. The van der Waals surface area contributed by atoms with Gasteiger partial charge in [0, 0.05) is 6.04 Å². The average Bonchev–Trinajstić information content (AvgIpc) is 2.78. The predicted octanol–water partition coefficient (Wildman–Crippen LogP) is 4.57. The summed E-state index contributed by atoms with van der Waals surface area (Å²) in [7, 11) is 0. The van der Waals surface area contributed by atoms with E-state index < -0.39 is 0 Å². The van der Waals surface area contributed by atoms with Gasteiger partial charge in [-0.25, -0.2) is 0 Å². The van der Waals surface area contributed by atoms with Gasteiger partial charge in [0.25, 0.3) is 0 Å². The minimum Gasteiger partial charge on any atom is -0.329 e. The third kappa shape index (κ3) is 1.97. The number of aromatic amines is 1. The second kappa shape index (κ2) is 5.06. The maximum Gasteiger partial charge on any atom is 0.178 e. The van der Waals surface area contributed by atoms with Gasteiger partial charge < -0.3 is 9.55 Å². The highest BCUT2D eigenvalue weighted by Gasteiger charge is 2.29. The normalized spacial score (nSPS) is 26.6. The lowest BCUT2D eigenvalue weighted by molar-refractivity contribution is 0.188. The van der Waals surface area contributed by atoms with Crippen LogP contribution in [0.1, 0.15) is 44.7 Å². The fraction of sp³-hybridized carbons (Fsp3) is 0.500. The summed E-state index contributed by atoms with van der Waals surface area (Å²) in [5.74, 6) is 1.33. The Morgan fingerprint density at radius 1 is 1.35 bits per heavy atom. The standard InChI is InChI=1S/C16H19N3S/c1-10-5-3-7-13(11(10)2)19-14-8-4-6-12(9-17)15(14)18-16(19)20/h4,6,8,10-11,13H,3,5,7H2,1-2H3,(H,18,20). The summed E-state index contributed by atoms with van der Waals surface area (Å²) in [6, 6.07) is 8.52. The summed E-state index contributed by atoms with van der Waals surface area (Å²) < 4.78 is 2.99. The number of para-hydroxylation sites is 1. The molecule has 1 heterocycles. The Balaban J connectivity index is 2.19. The first-order valence-electron chi connectivity index (χ1n) is 7.27. The number of nitriles is 1. The van der Waals surface area contributed by atoms with E-state index in [1.807, 2.05) is 12.1 Å². The third-order valence-corrected chi connectivity index (χ3v) is 5.17. The van der Waals surface area contributed by atoms with Crippen LogP contribution in [0.25, 0.3) is 11.0 Å². The zero-order chi connectivity index (χ0) is 14.3. The highest BCUT2D eigenvalue weighted by molar-refractivity contribution is 7.71. The molecule has 2 aromatic rings. The van der Waals surface area contributed by atoms with Crippen molar-refractivity contribution in [1.82, 2.24) is 9.55 Å². The molecule has 0 spiro atoms. The third-order valence-electron chi connectivity index (χ3n) is 4.87. The quantitative estimate of drug-likeness (QED) is 0.780. The van der Waals surface area contributed by atoms with Crippen molar-refractivity contribution >= 4 is 23.3 Å². The van der Waals surface area contributed by atoms with Gasteiger partial charge in [-0.3, -0.25) is 0 Å². The average molecular weight is 285 g/mol. The summed E-state index contributed by atoms with van der Waals surface area (Å²) in [6.45, 7) is 4.65. The van der Waals surface area contributed by atoms with E-state index in [9.17, 15) is 5.26 Å². The van der Waals surface area contributed by atoms with Crippen LogP contribution in [0.3, 0.4) is 0 Å². The Labute approximate surface area is 124 Å². The van der Waals surface area contributed by atoms with Crippen LogP contribution in [-0.4, -0.2) is 9.55 Å². The number of hydrogen-bond acceptors (Lipinski definition) is 2. The van der Waals surface area contributed by atoms with Crippen molar-refractivity contribution in [3.63, 3.8) is 0 Å². The van der Waals surface area contributed by atoms with Crippen LogP contribution in [0.4, 0.5) is 0 Å². The molecule has 1 aromatic carbocycles. The lowest BCUT2D eigenvalue weighted by atomic mass is 9.78. The van der Waals surface area contributed by atoms with Crippen LogP contribution >= 0.6 is 12.2 Å². The lowest BCUT2D eigenvalue weighted by Gasteiger charge is -2.35. The maximum atomic E-state index is 9.23. The van der Waals surface area contributed by atoms with Crippen molar-refractivity contribution in [2.45, 2.75) is 39.2 Å². The Kier molecular flexibility index (Phi) is 3.39. The number of H-pyrrole nitrogens is 1. The van der Waals surface area contributed by atoms with Gasteiger partial charge in [-0.2, -0.15) is 5.26 Å². The maximum absolute atomic E-state index is 9.23. The smallest absolute Gasteiger partial charge is 0.178 e. The molecule has 3 unspecified atom stereocenters. The fourth-order valence-corrected chi connectivity index (χ4v) is 3.83. The molecule has 20 heavy (non-hydrogen) atoms. The van der Waals surface area contributed by atoms with Crippen LogP contribution in [0.2, 0.25) is 0 Å². The van der Waals surface area contributed by atoms with Gasteiger partial charge in [0.1, 0.15) is 6.07 Å². The number of imidazole rings is 1. The van der Waals surface area contributed by atoms with E-state index >= 15 is 0 Å². The molecule has 4 heteroatoms. The monoisotopic (exact) mass is 285 g/mol. The van der Waals surface area contributed by atoms with Crippen LogP contribution in [0.15, 0.2) is 18.2 Å². The molecule has 3 atom stereocenters. The first-order chi connectivity index (χ1) is 9.63. The van der Waals surface area contributed by atoms with E-state index in [1.54, 1.807) is 0 Å². The molecule has 1 aliphatic rings. The molecule has 0 radical (unpaired) electrons. The van der Waals surface area contributed by atoms with Crippen molar-refractivity contribution < 1.29 is 0 Å². The zero-order valence-corrected chi connectivity index (χ0v) is 12.7. The molecule has 3 nitrogen and oxygen atoms in total. The van der Waals surface area contributed by atoms with Crippen molar-refractivity contribution in [3.8, 4) is 6.07 Å². The molecular formula is C16H19N3S. The Bertz CT molecular complexity index is 734. The van der Waals surface area contributed by atoms with Crippen molar-refractivity contribution in [1.29, 1.82) is 5.26 Å². The Morgan fingerprint density at radius 3 is 2.90 bits per heavy atom. The minimum absolute atomic E-state index is 0.439. The first kappa shape index (κ1) is 13.4. The minimum atomic E-state index is 0.439. The van der Waals surface area contributed by atoms with Gasteiger partial charge in [-0.15, -0.1) is 0 Å². The topological polar surface area (TPSA) is 44.5 Å². The summed E-state index contributed by atoms with van der Waals surface area (Å²) in [4.78, 5) is 3.23. The van der Waals surface area contributed by atoms with Gasteiger partial charge in [0.15, 0.2) is 4.77 Å². The van der Waals surface area contributed by atoms with Crippen LogP contribution < -0.4 is 0 Å². The Morgan fingerprint density at radius 2 is 2.15 bits per heavy atom. The van der Waals surface area contributed by atoms with E-state index in [0.717, 1.165) is 21.7 Å². The molecule has 1 saturated carbocycles. The number of hydrogen-bond donors (Lipinski definition) is 1. The van der Waals surface area contributed by atoms with Crippen molar-refractivity contribution in [2.75, 3.05) is 0 Å². The van der Waals surface area contributed by atoms with Gasteiger partial charge in [0.05, 0.1) is 16.6 Å². The van der Waals surface area contributed by atoms with Crippen LogP contribution in [0.5, 0.6) is 0 Å². The van der Waals surface area contributed by atoms with Gasteiger partial charge in [-0.1, -0.05) is 32.8 Å². The first-order valence-corrected chi connectivity index (χ1v) is 7.67. The van der Waals surface area contributed by atoms with Crippen molar-refractivity contribution in [3.05, 3.63) is 28.5 Å². The largest absolute Gasteiger partial charge is 0.329 e. The fourth-order valence-electron chi connectivity index (χ4n) is 3.49. The molecule has 1 fully saturated rings. The van der Waals surface area contributed by atoms with Gasteiger partial charge >= 0.3 is 0 Å². The van der Waals surface area contributed by atoms with Gasteiger partial charge in [-0.05, 0) is 42.6 Å². The summed E-state index contributed by atoms with van der Waals surface area (Å²) in [5.41, 5.74) is 2.62. The molecule has 1 aliphatic carbocycles. The summed E-state index contributed by atoms with van der Waals surface area (Å²) in [6.07, 6.45) is 3.73. The SMILES string of the molecule is CC1CCCC(n2c(=S)[nH]c3c(C#N)cccc32)C1C. The van der Waals surface area contributed by atoms with E-state index in [-0.39, 0.29) is 0 Å². The highest BCUT2D eigenvalue weighted by atomic mass is 32.1. The number of nitrogens with one attached hydrogen (secondary N) is 1. The molecule has 0 saturated heterocycles. The second-order valence-corrected chi connectivity index (χ2v) is 6.33. The Hall–Kier alpha value is -1.60. The molecule has 104 valence electrons. The molecule has 1 N–H and O–H groups in total. The van der Waals surface area contributed by atoms with Crippen molar-refractivity contribution in [2.24, 2.45) is 11.8 Å². The molecule has 3 rings (SSSR count). The number of nitrogens with zero attached hydrogens (tertiary/aromatic N) is 2. The number of fused-ring (bicyclic) bond motifs is 1. The molecule has 0 aliphatic heterocycles. The summed E-state index contributed by atoms with van der Waals surface area (Å²) in [5, 5.41) is 9.23. The molecule has 0 amide bonds. The second-order valence-electron chi connectivity index (χ2n) is 5.95. The predicted molar refractivity (Wildman–Crippen MR) is 83.1 cm³/mol. The van der Waals surface area contributed by atoms with E-state index in [0.29, 0.717) is 17.5 Å². The van der Waals surface area contributed by atoms with E-state index in [1.165, 1.54) is 19.3 Å². The number of rotatable bonds is 1. The van der Waals surface area contributed by atoms with E-state index in [4.69, 9.17) is 12.2 Å². The van der Waals surface area contributed by atoms with Crippen LogP contribution in [0, 0.1) is 27.9 Å². The summed E-state index contributed by atoms with van der Waals surface area (Å²) >= 11 is 5.53. The van der Waals surface area contributed by atoms with Gasteiger partial charge in [0.2, 0.25) is 0 Å². The molecular weight excluding hydrogens is 266 g/mol. The molecule has 1 aromatic heterocycles. The highest BCUT2D eigenvalue weighted by Crippen LogP contribution is 2.39. The van der Waals surface area contributed by atoms with Crippen LogP contribution in [-0.2, 0) is 0 Å². The number of benzene rings is 1. The van der Waals surface area contributed by atoms with E-state index in [2.05, 4.69) is 35.5 Å². The zero-order valence-electron chi connectivity index (χ0n) is 11.9.